The summed E-state index contributed by atoms with van der Waals surface area (Å²) in [6, 6.07) is 11.7. The number of aryl methyl sites for hydroxylation is 2. The van der Waals surface area contributed by atoms with Gasteiger partial charge in [0.2, 0.25) is 0 Å². The van der Waals surface area contributed by atoms with Crippen LogP contribution in [-0.2, 0) is 4.74 Å². The van der Waals surface area contributed by atoms with Crippen LogP contribution in [0.15, 0.2) is 40.8 Å². The van der Waals surface area contributed by atoms with Gasteiger partial charge in [0.05, 0.1) is 26.4 Å². The Bertz CT molecular complexity index is 1070. The number of hydrogen-bond acceptors (Lipinski definition) is 5. The minimum absolute atomic E-state index is 0.0279. The van der Waals surface area contributed by atoms with Crippen LogP contribution in [0, 0.1) is 13.8 Å². The molecule has 0 saturated carbocycles. The minimum atomic E-state index is -0.228. The van der Waals surface area contributed by atoms with Crippen LogP contribution in [-0.4, -0.2) is 50.8 Å². The molecule has 164 valence electrons. The number of hydrogen-bond donors (Lipinski definition) is 1. The molecule has 2 aromatic carbocycles. The predicted molar refractivity (Wildman–Crippen MR) is 121 cm³/mol. The number of nitrogens with one attached hydrogen (secondary N) is 1. The highest BCUT2D eigenvalue weighted by molar-refractivity contribution is 6.32. The van der Waals surface area contributed by atoms with Gasteiger partial charge in [-0.1, -0.05) is 23.7 Å². The maximum absolute atomic E-state index is 13.0. The van der Waals surface area contributed by atoms with Crippen molar-refractivity contribution in [2.24, 2.45) is 0 Å². The van der Waals surface area contributed by atoms with Gasteiger partial charge in [0.15, 0.2) is 5.76 Å². The van der Waals surface area contributed by atoms with E-state index in [1.165, 1.54) is 0 Å². The largest absolute Gasteiger partial charge is 0.497 e. The molecule has 0 unspecified atom stereocenters. The van der Waals surface area contributed by atoms with Gasteiger partial charge in [-0.3, -0.25) is 9.69 Å². The Kier molecular flexibility index (Phi) is 6.51. The number of furan rings is 1. The number of amides is 1. The molecule has 0 radical (unpaired) electrons. The van der Waals surface area contributed by atoms with E-state index < -0.39 is 0 Å². The van der Waals surface area contributed by atoms with E-state index in [9.17, 15) is 4.79 Å². The molecular formula is C24H27ClN2O4. The summed E-state index contributed by atoms with van der Waals surface area (Å²) in [5.41, 5.74) is 3.50. The predicted octanol–water partition coefficient (Wildman–Crippen LogP) is 4.51. The molecule has 0 bridgehead atoms. The fourth-order valence-corrected chi connectivity index (χ4v) is 4.16. The Morgan fingerprint density at radius 1 is 1.19 bits per heavy atom. The zero-order chi connectivity index (χ0) is 22.0. The fourth-order valence-electron chi connectivity index (χ4n) is 4.00. The number of nitrogens with zero attached hydrogens (tertiary/aromatic N) is 1. The number of methoxy groups -OCH3 is 1. The molecule has 1 aliphatic heterocycles. The van der Waals surface area contributed by atoms with Crippen molar-refractivity contribution in [3.05, 3.63) is 63.9 Å². The number of carbonyl (C=O) groups excluding carboxylic acids is 1. The van der Waals surface area contributed by atoms with Gasteiger partial charge < -0.3 is 19.2 Å². The van der Waals surface area contributed by atoms with Gasteiger partial charge in [-0.05, 0) is 49.2 Å². The number of rotatable bonds is 6. The smallest absolute Gasteiger partial charge is 0.287 e. The number of ether oxygens (including phenoxy) is 2. The monoisotopic (exact) mass is 442 g/mol. The third-order valence-corrected chi connectivity index (χ3v) is 6.27. The van der Waals surface area contributed by atoms with Gasteiger partial charge >= 0.3 is 0 Å². The number of fused-ring (bicyclic) bond motifs is 1. The second-order valence-electron chi connectivity index (χ2n) is 7.80. The molecule has 3 aromatic rings. The van der Waals surface area contributed by atoms with Crippen LogP contribution in [0.5, 0.6) is 5.75 Å². The van der Waals surface area contributed by atoms with Crippen LogP contribution in [0.3, 0.4) is 0 Å². The maximum atomic E-state index is 13.0. The lowest BCUT2D eigenvalue weighted by atomic mass is 10.0. The fraction of sp³-hybridized carbons (Fsp3) is 0.375. The van der Waals surface area contributed by atoms with Gasteiger partial charge in [0.25, 0.3) is 5.91 Å². The quantitative estimate of drug-likeness (QED) is 0.608. The molecule has 6 nitrogen and oxygen atoms in total. The van der Waals surface area contributed by atoms with Crippen LogP contribution in [0.2, 0.25) is 5.02 Å². The van der Waals surface area contributed by atoms with E-state index in [0.29, 0.717) is 36.1 Å². The summed E-state index contributed by atoms with van der Waals surface area (Å²) in [4.78, 5) is 15.4. The van der Waals surface area contributed by atoms with E-state index in [1.807, 2.05) is 50.2 Å². The van der Waals surface area contributed by atoms with Crippen molar-refractivity contribution < 1.29 is 18.7 Å². The van der Waals surface area contributed by atoms with Crippen molar-refractivity contribution in [1.82, 2.24) is 10.2 Å². The standard InChI is InChI=1S/C24H27ClN2O4/c1-15-12-22-19(13-20(15)25)16(2)23(31-22)24(28)26-14-21(27-8-10-30-11-9-27)17-4-6-18(29-3)7-5-17/h4-7,12-13,21H,8-11,14H2,1-3H3,(H,26,28)/t21-/m0/s1. The van der Waals surface area contributed by atoms with Crippen LogP contribution in [0.1, 0.15) is 33.3 Å². The molecule has 1 aliphatic rings. The van der Waals surface area contributed by atoms with Crippen molar-refractivity contribution >= 4 is 28.5 Å². The summed E-state index contributed by atoms with van der Waals surface area (Å²) in [6.45, 7) is 7.26. The first kappa shape index (κ1) is 21.7. The third kappa shape index (κ3) is 4.56. The Morgan fingerprint density at radius 2 is 1.90 bits per heavy atom. The van der Waals surface area contributed by atoms with Crippen LogP contribution in [0.25, 0.3) is 11.0 Å². The first-order valence-electron chi connectivity index (χ1n) is 10.4. The highest BCUT2D eigenvalue weighted by Gasteiger charge is 2.25. The molecule has 0 spiro atoms. The van der Waals surface area contributed by atoms with E-state index in [-0.39, 0.29) is 11.9 Å². The lowest BCUT2D eigenvalue weighted by Gasteiger charge is -2.35. The van der Waals surface area contributed by atoms with Crippen molar-refractivity contribution in [3.8, 4) is 5.75 Å². The molecule has 31 heavy (non-hydrogen) atoms. The lowest BCUT2D eigenvalue weighted by Crippen LogP contribution is -2.43. The van der Waals surface area contributed by atoms with E-state index >= 15 is 0 Å². The number of benzene rings is 2. The van der Waals surface area contributed by atoms with Gasteiger partial charge in [0, 0.05) is 35.6 Å². The molecule has 0 aliphatic carbocycles. The maximum Gasteiger partial charge on any atom is 0.287 e. The summed E-state index contributed by atoms with van der Waals surface area (Å²) in [6.07, 6.45) is 0. The highest BCUT2D eigenvalue weighted by atomic mass is 35.5. The normalized spacial score (nSPS) is 15.7. The summed E-state index contributed by atoms with van der Waals surface area (Å²) >= 11 is 6.26. The van der Waals surface area contributed by atoms with Crippen molar-refractivity contribution in [3.63, 3.8) is 0 Å². The molecule has 2 heterocycles. The first-order valence-corrected chi connectivity index (χ1v) is 10.8. The SMILES string of the molecule is COc1ccc([C@H](CNC(=O)c2oc3cc(C)c(Cl)cc3c2C)N2CCOCC2)cc1. The Hall–Kier alpha value is -2.54. The molecule has 1 amide bonds. The summed E-state index contributed by atoms with van der Waals surface area (Å²) < 4.78 is 16.7. The van der Waals surface area contributed by atoms with Gasteiger partial charge in [-0.2, -0.15) is 0 Å². The summed E-state index contributed by atoms with van der Waals surface area (Å²) in [5.74, 6) is 0.904. The first-order chi connectivity index (χ1) is 15.0. The Labute approximate surface area is 187 Å². The molecule has 1 saturated heterocycles. The second-order valence-corrected chi connectivity index (χ2v) is 8.21. The summed E-state index contributed by atoms with van der Waals surface area (Å²) in [5, 5.41) is 4.60. The minimum Gasteiger partial charge on any atom is -0.497 e. The highest BCUT2D eigenvalue weighted by Crippen LogP contribution is 2.30. The number of halogens is 1. The second kappa shape index (κ2) is 9.30. The van der Waals surface area contributed by atoms with Crippen molar-refractivity contribution in [1.29, 1.82) is 0 Å². The molecule has 1 atom stereocenters. The number of morpholine rings is 1. The molecule has 4 rings (SSSR count). The third-order valence-electron chi connectivity index (χ3n) is 5.87. The molecule has 7 heteroatoms. The molecular weight excluding hydrogens is 416 g/mol. The van der Waals surface area contributed by atoms with E-state index in [1.54, 1.807) is 7.11 Å². The summed E-state index contributed by atoms with van der Waals surface area (Å²) in [7, 11) is 1.65. The zero-order valence-corrected chi connectivity index (χ0v) is 18.8. The average Bonchev–Trinajstić information content (AvgIpc) is 3.10. The molecule has 1 N–H and O–H groups in total. The van der Waals surface area contributed by atoms with Gasteiger partial charge in [-0.25, -0.2) is 0 Å². The zero-order valence-electron chi connectivity index (χ0n) is 18.0. The number of carbonyl (C=O) groups is 1. The lowest BCUT2D eigenvalue weighted by molar-refractivity contribution is 0.0161. The van der Waals surface area contributed by atoms with Gasteiger partial charge in [0.1, 0.15) is 11.3 Å². The Morgan fingerprint density at radius 3 is 2.58 bits per heavy atom. The van der Waals surface area contributed by atoms with Crippen LogP contribution >= 0.6 is 11.6 Å². The van der Waals surface area contributed by atoms with E-state index in [2.05, 4.69) is 10.2 Å². The van der Waals surface area contributed by atoms with Crippen molar-refractivity contribution in [2.45, 2.75) is 19.9 Å². The molecule has 1 fully saturated rings. The van der Waals surface area contributed by atoms with E-state index in [4.69, 9.17) is 25.5 Å². The topological polar surface area (TPSA) is 63.9 Å². The van der Waals surface area contributed by atoms with Crippen molar-refractivity contribution in [2.75, 3.05) is 40.0 Å². The van der Waals surface area contributed by atoms with Crippen LogP contribution < -0.4 is 10.1 Å². The van der Waals surface area contributed by atoms with E-state index in [0.717, 1.165) is 40.9 Å². The Balaban J connectivity index is 1.55. The molecule has 1 aromatic heterocycles. The van der Waals surface area contributed by atoms with Crippen LogP contribution in [0.4, 0.5) is 0 Å². The van der Waals surface area contributed by atoms with Gasteiger partial charge in [-0.15, -0.1) is 0 Å². The average molecular weight is 443 g/mol.